The Labute approximate surface area is 81.4 Å². The maximum Gasteiger partial charge on any atom is 0.189 e. The van der Waals surface area contributed by atoms with Crippen LogP contribution in [0.3, 0.4) is 0 Å². The molecule has 0 unspecified atom stereocenters. The minimum absolute atomic E-state index is 0. The van der Waals surface area contributed by atoms with Gasteiger partial charge >= 0.3 is 0 Å². The highest BCUT2D eigenvalue weighted by atomic mass is 16.1. The molecule has 0 atom stereocenters. The average Bonchev–Trinajstić information content (AvgIpc) is 2.15. The van der Waals surface area contributed by atoms with E-state index in [1.807, 2.05) is 0 Å². The molecule has 0 saturated carbocycles. The molecular weight excluding hydrogens is 180 g/mol. The number of carbonyl (C=O) groups excluding carboxylic acids is 2. The van der Waals surface area contributed by atoms with Gasteiger partial charge in [0.15, 0.2) is 11.6 Å². The summed E-state index contributed by atoms with van der Waals surface area (Å²) in [6.07, 6.45) is 1.39. The van der Waals surface area contributed by atoms with Gasteiger partial charge in [-0.25, -0.2) is 0 Å². The lowest BCUT2D eigenvalue weighted by Gasteiger charge is -2.11. The van der Waals surface area contributed by atoms with Crippen LogP contribution in [0.2, 0.25) is 0 Å². The van der Waals surface area contributed by atoms with Crippen molar-refractivity contribution in [2.45, 2.75) is 6.92 Å². The zero-order valence-electron chi connectivity index (χ0n) is 7.70. The molecule has 14 heavy (non-hydrogen) atoms. The molecule has 1 aliphatic carbocycles. The Kier molecular flexibility index (Phi) is 2.63. The number of hydrogen-bond donors (Lipinski definition) is 0. The first kappa shape index (κ1) is 10.3. The molecule has 72 valence electrons. The molecule has 0 heterocycles. The quantitative estimate of drug-likeness (QED) is 0.616. The molecule has 1 aromatic rings. The Bertz CT molecular complexity index is 430. The van der Waals surface area contributed by atoms with Crippen LogP contribution in [0, 0.1) is 0 Å². The first-order chi connectivity index (χ1) is 6.20. The number of Topliss-reactive ketones (excluding diaryl/α,β-unsaturated/α-hetero) is 1. The average molecular weight is 190 g/mol. The molecule has 0 aromatic heterocycles. The smallest absolute Gasteiger partial charge is 0.189 e. The maximum atomic E-state index is 11.5. The molecule has 0 saturated heterocycles. The molecule has 3 heteroatoms. The normalized spacial score (nSPS) is 14.2. The largest absolute Gasteiger partial charge is 0.412 e. The highest BCUT2D eigenvalue weighted by molar-refractivity contribution is 6.24. The van der Waals surface area contributed by atoms with Crippen LogP contribution >= 0.6 is 0 Å². The van der Waals surface area contributed by atoms with E-state index in [0.29, 0.717) is 16.7 Å². The van der Waals surface area contributed by atoms with Crippen molar-refractivity contribution in [3.63, 3.8) is 0 Å². The van der Waals surface area contributed by atoms with E-state index in [1.54, 1.807) is 31.2 Å². The number of allylic oxidation sites excluding steroid dienone is 2. The lowest BCUT2D eigenvalue weighted by molar-refractivity contribution is 0.0984. The molecule has 3 nitrogen and oxygen atoms in total. The molecule has 2 N–H and O–H groups in total. The lowest BCUT2D eigenvalue weighted by Crippen LogP contribution is -2.14. The van der Waals surface area contributed by atoms with Gasteiger partial charge in [0, 0.05) is 16.7 Å². The Morgan fingerprint density at radius 2 is 1.57 bits per heavy atom. The first-order valence-corrected chi connectivity index (χ1v) is 4.06. The molecule has 1 aliphatic rings. The predicted octanol–water partition coefficient (Wildman–Crippen LogP) is 1.19. The van der Waals surface area contributed by atoms with Crippen molar-refractivity contribution in [2.75, 3.05) is 0 Å². The SMILES string of the molecule is CC1=CC(=O)c2ccccc2C1=O.O. The summed E-state index contributed by atoms with van der Waals surface area (Å²) in [4.78, 5) is 23.0. The van der Waals surface area contributed by atoms with Crippen LogP contribution in [-0.2, 0) is 0 Å². The van der Waals surface area contributed by atoms with Gasteiger partial charge in [-0.3, -0.25) is 9.59 Å². The topological polar surface area (TPSA) is 65.6 Å². The number of rotatable bonds is 0. The predicted molar refractivity (Wildman–Crippen MR) is 52.5 cm³/mol. The van der Waals surface area contributed by atoms with Gasteiger partial charge in [-0.2, -0.15) is 0 Å². The van der Waals surface area contributed by atoms with Crippen molar-refractivity contribution in [1.82, 2.24) is 0 Å². The number of ketones is 2. The summed E-state index contributed by atoms with van der Waals surface area (Å²) in [6.45, 7) is 1.66. The summed E-state index contributed by atoms with van der Waals surface area (Å²) in [7, 11) is 0. The van der Waals surface area contributed by atoms with E-state index in [2.05, 4.69) is 0 Å². The standard InChI is InChI=1S/C11H8O2.H2O/c1-7-6-10(12)8-4-2-3-5-9(8)11(7)13;/h2-6H,1H3;1H2. The zero-order valence-corrected chi connectivity index (χ0v) is 7.70. The van der Waals surface area contributed by atoms with Crippen molar-refractivity contribution in [1.29, 1.82) is 0 Å². The highest BCUT2D eigenvalue weighted by Crippen LogP contribution is 2.20. The van der Waals surface area contributed by atoms with E-state index in [4.69, 9.17) is 0 Å². The fraction of sp³-hybridized carbons (Fsp3) is 0.0909. The maximum absolute atomic E-state index is 11.5. The van der Waals surface area contributed by atoms with E-state index in [9.17, 15) is 9.59 Å². The molecule has 0 aliphatic heterocycles. The summed E-state index contributed by atoms with van der Waals surface area (Å²) >= 11 is 0. The second-order valence-corrected chi connectivity index (χ2v) is 3.07. The van der Waals surface area contributed by atoms with E-state index in [-0.39, 0.29) is 17.0 Å². The molecule has 0 spiro atoms. The van der Waals surface area contributed by atoms with Gasteiger partial charge in [-0.05, 0) is 13.0 Å². The summed E-state index contributed by atoms with van der Waals surface area (Å²) < 4.78 is 0. The molecular formula is C11H10O3. The van der Waals surface area contributed by atoms with Gasteiger partial charge in [0.25, 0.3) is 0 Å². The van der Waals surface area contributed by atoms with Crippen LogP contribution in [0.4, 0.5) is 0 Å². The lowest BCUT2D eigenvalue weighted by atomic mass is 9.90. The Balaban J connectivity index is 0.000000980. The van der Waals surface area contributed by atoms with Gasteiger partial charge < -0.3 is 5.48 Å². The third kappa shape index (κ3) is 1.38. The zero-order chi connectivity index (χ0) is 9.42. The summed E-state index contributed by atoms with van der Waals surface area (Å²) in [5, 5.41) is 0. The fourth-order valence-corrected chi connectivity index (χ4v) is 1.45. The molecule has 2 rings (SSSR count). The van der Waals surface area contributed by atoms with Gasteiger partial charge in [0.05, 0.1) is 0 Å². The third-order valence-electron chi connectivity index (χ3n) is 2.14. The minimum atomic E-state index is -0.0762. The Morgan fingerprint density at radius 1 is 1.00 bits per heavy atom. The Morgan fingerprint density at radius 3 is 2.21 bits per heavy atom. The van der Waals surface area contributed by atoms with Crippen LogP contribution in [0.1, 0.15) is 27.6 Å². The van der Waals surface area contributed by atoms with E-state index < -0.39 is 0 Å². The van der Waals surface area contributed by atoms with E-state index >= 15 is 0 Å². The molecule has 1 aromatic carbocycles. The van der Waals surface area contributed by atoms with Gasteiger partial charge in [0.2, 0.25) is 0 Å². The van der Waals surface area contributed by atoms with Crippen LogP contribution in [0.25, 0.3) is 0 Å². The van der Waals surface area contributed by atoms with Gasteiger partial charge in [0.1, 0.15) is 0 Å². The fourth-order valence-electron chi connectivity index (χ4n) is 1.45. The van der Waals surface area contributed by atoms with Crippen molar-refractivity contribution in [3.05, 3.63) is 47.0 Å². The monoisotopic (exact) mass is 190 g/mol. The minimum Gasteiger partial charge on any atom is -0.412 e. The molecule has 0 fully saturated rings. The van der Waals surface area contributed by atoms with Crippen molar-refractivity contribution >= 4 is 11.6 Å². The van der Waals surface area contributed by atoms with Crippen molar-refractivity contribution < 1.29 is 15.1 Å². The van der Waals surface area contributed by atoms with Crippen molar-refractivity contribution in [2.24, 2.45) is 0 Å². The van der Waals surface area contributed by atoms with E-state index in [1.165, 1.54) is 6.08 Å². The number of hydrogen-bond acceptors (Lipinski definition) is 2. The molecule has 0 radical (unpaired) electrons. The third-order valence-corrected chi connectivity index (χ3v) is 2.14. The first-order valence-electron chi connectivity index (χ1n) is 4.06. The number of carbonyl (C=O) groups is 2. The Hall–Kier alpha value is -1.74. The summed E-state index contributed by atoms with van der Waals surface area (Å²) in [5.74, 6) is -0.122. The highest BCUT2D eigenvalue weighted by Gasteiger charge is 2.21. The second kappa shape index (κ2) is 3.55. The van der Waals surface area contributed by atoms with Gasteiger partial charge in [-0.15, -0.1) is 0 Å². The summed E-state index contributed by atoms with van der Waals surface area (Å²) in [6, 6.07) is 6.89. The summed E-state index contributed by atoms with van der Waals surface area (Å²) in [5.41, 5.74) is 1.55. The van der Waals surface area contributed by atoms with Crippen LogP contribution in [0.5, 0.6) is 0 Å². The van der Waals surface area contributed by atoms with Crippen LogP contribution in [0.15, 0.2) is 35.9 Å². The van der Waals surface area contributed by atoms with E-state index in [0.717, 1.165) is 0 Å². The van der Waals surface area contributed by atoms with Crippen LogP contribution in [-0.4, -0.2) is 17.0 Å². The van der Waals surface area contributed by atoms with Crippen LogP contribution < -0.4 is 0 Å². The van der Waals surface area contributed by atoms with Gasteiger partial charge in [-0.1, -0.05) is 24.3 Å². The molecule has 0 bridgehead atoms. The number of benzene rings is 1. The second-order valence-electron chi connectivity index (χ2n) is 3.07. The van der Waals surface area contributed by atoms with Crippen molar-refractivity contribution in [3.8, 4) is 0 Å². The number of fused-ring (bicyclic) bond motifs is 1. The molecule has 0 amide bonds.